The van der Waals surface area contributed by atoms with E-state index in [9.17, 15) is 15.0 Å². The molecule has 1 aliphatic rings. The van der Waals surface area contributed by atoms with Crippen molar-refractivity contribution >= 4 is 11.0 Å². The van der Waals surface area contributed by atoms with Crippen LogP contribution >= 0.6 is 0 Å². The standard InChI is InChI=1S/C28H18O6.C2H6/c29-20-12-7-13-22-24(20)25(30)26(31)27(32-22)17-14-15-21-23(16-17)34-28(33-21,18-8-3-1-4-9-18)19-10-5-2-6-11-19;1-2/h1-16,29,31H;1-2H3. The predicted octanol–water partition coefficient (Wildman–Crippen LogP) is 6.57. The second-order valence-electron chi connectivity index (χ2n) is 7.97. The Kier molecular flexibility index (Phi) is 5.86. The summed E-state index contributed by atoms with van der Waals surface area (Å²) in [6.45, 7) is 4.00. The highest BCUT2D eigenvalue weighted by molar-refractivity contribution is 5.87. The van der Waals surface area contributed by atoms with Gasteiger partial charge in [0.2, 0.25) is 11.2 Å². The fourth-order valence-corrected chi connectivity index (χ4v) is 4.27. The van der Waals surface area contributed by atoms with Crippen molar-refractivity contribution in [2.75, 3.05) is 0 Å². The third kappa shape index (κ3) is 3.64. The molecule has 1 aliphatic heterocycles. The zero-order chi connectivity index (χ0) is 25.3. The molecule has 1 aromatic heterocycles. The number of ether oxygens (including phenoxy) is 2. The van der Waals surface area contributed by atoms with Gasteiger partial charge >= 0.3 is 5.79 Å². The van der Waals surface area contributed by atoms with Crippen molar-refractivity contribution in [2.24, 2.45) is 0 Å². The van der Waals surface area contributed by atoms with Crippen LogP contribution in [0, 0.1) is 0 Å². The van der Waals surface area contributed by atoms with E-state index in [4.69, 9.17) is 13.9 Å². The molecule has 0 fully saturated rings. The van der Waals surface area contributed by atoms with Gasteiger partial charge in [-0.2, -0.15) is 0 Å². The summed E-state index contributed by atoms with van der Waals surface area (Å²) in [6.07, 6.45) is 0. The number of phenolic OH excluding ortho intramolecular Hbond substituents is 1. The zero-order valence-corrected chi connectivity index (χ0v) is 19.8. The Bertz CT molecular complexity index is 1550. The molecule has 36 heavy (non-hydrogen) atoms. The van der Waals surface area contributed by atoms with Crippen molar-refractivity contribution in [1.29, 1.82) is 0 Å². The molecule has 2 heterocycles. The molecular weight excluding hydrogens is 456 g/mol. The van der Waals surface area contributed by atoms with Crippen LogP contribution in [0.3, 0.4) is 0 Å². The summed E-state index contributed by atoms with van der Waals surface area (Å²) in [5.41, 5.74) is 1.51. The first-order valence-corrected chi connectivity index (χ1v) is 11.7. The van der Waals surface area contributed by atoms with Crippen molar-refractivity contribution in [2.45, 2.75) is 19.6 Å². The average Bonchev–Trinajstić information content (AvgIpc) is 3.33. The van der Waals surface area contributed by atoms with Crippen molar-refractivity contribution in [1.82, 2.24) is 0 Å². The largest absolute Gasteiger partial charge is 0.507 e. The Morgan fingerprint density at radius 3 is 1.94 bits per heavy atom. The van der Waals surface area contributed by atoms with Gasteiger partial charge in [0.05, 0.1) is 0 Å². The number of hydrogen-bond acceptors (Lipinski definition) is 6. The van der Waals surface area contributed by atoms with E-state index in [1.807, 2.05) is 74.5 Å². The summed E-state index contributed by atoms with van der Waals surface area (Å²) in [5, 5.41) is 20.5. The summed E-state index contributed by atoms with van der Waals surface area (Å²) < 4.78 is 18.6. The molecule has 0 spiro atoms. The lowest BCUT2D eigenvalue weighted by atomic mass is 9.97. The second kappa shape index (κ2) is 9.15. The van der Waals surface area contributed by atoms with Gasteiger partial charge in [-0.25, -0.2) is 0 Å². The summed E-state index contributed by atoms with van der Waals surface area (Å²) in [6, 6.07) is 28.8. The number of fused-ring (bicyclic) bond motifs is 2. The van der Waals surface area contributed by atoms with Gasteiger partial charge in [0.1, 0.15) is 16.7 Å². The lowest BCUT2D eigenvalue weighted by Crippen LogP contribution is -2.36. The molecular formula is C30H24O6. The molecule has 0 unspecified atom stereocenters. The lowest BCUT2D eigenvalue weighted by Gasteiger charge is -2.28. The Balaban J connectivity index is 0.00000130. The molecule has 4 aromatic carbocycles. The molecule has 0 saturated carbocycles. The normalized spacial score (nSPS) is 13.2. The summed E-state index contributed by atoms with van der Waals surface area (Å²) in [5.74, 6) is -1.12. The number of aromatic hydroxyl groups is 2. The highest BCUT2D eigenvalue weighted by Crippen LogP contribution is 2.49. The van der Waals surface area contributed by atoms with E-state index in [1.54, 1.807) is 30.3 Å². The van der Waals surface area contributed by atoms with E-state index in [-0.39, 0.29) is 22.5 Å². The van der Waals surface area contributed by atoms with Crippen LogP contribution in [0.15, 0.2) is 106 Å². The Morgan fingerprint density at radius 2 is 1.31 bits per heavy atom. The molecule has 5 aromatic rings. The maximum atomic E-state index is 12.7. The molecule has 0 amide bonds. The van der Waals surface area contributed by atoms with Gasteiger partial charge < -0.3 is 24.1 Å². The first kappa shape index (κ1) is 23.1. The van der Waals surface area contributed by atoms with E-state index >= 15 is 0 Å². The molecule has 0 bridgehead atoms. The molecule has 0 radical (unpaired) electrons. The molecule has 0 atom stereocenters. The minimum Gasteiger partial charge on any atom is -0.507 e. The van der Waals surface area contributed by atoms with E-state index in [0.717, 1.165) is 11.1 Å². The Morgan fingerprint density at radius 1 is 0.694 bits per heavy atom. The van der Waals surface area contributed by atoms with Crippen LogP contribution in [0.1, 0.15) is 25.0 Å². The summed E-state index contributed by atoms with van der Waals surface area (Å²) >= 11 is 0. The minimum absolute atomic E-state index is 0.0218. The van der Waals surface area contributed by atoms with Crippen LogP contribution < -0.4 is 14.9 Å². The Labute approximate surface area is 207 Å². The van der Waals surface area contributed by atoms with Gasteiger partial charge in [0.25, 0.3) is 0 Å². The van der Waals surface area contributed by atoms with E-state index in [0.29, 0.717) is 17.1 Å². The van der Waals surface area contributed by atoms with Crippen LogP contribution in [-0.2, 0) is 5.79 Å². The van der Waals surface area contributed by atoms with Crippen molar-refractivity contribution < 1.29 is 24.1 Å². The number of benzene rings is 4. The number of rotatable bonds is 3. The smallest absolute Gasteiger partial charge is 0.305 e. The molecule has 2 N–H and O–H groups in total. The number of hydrogen-bond donors (Lipinski definition) is 2. The monoisotopic (exact) mass is 480 g/mol. The Hall–Kier alpha value is -4.71. The highest BCUT2D eigenvalue weighted by Gasteiger charge is 2.45. The molecule has 6 nitrogen and oxygen atoms in total. The molecule has 180 valence electrons. The quantitative estimate of drug-likeness (QED) is 0.304. The SMILES string of the molecule is CC.O=c1c(O)c(-c2ccc3c(c2)OC(c2ccccc2)(c2ccccc2)O3)oc2cccc(O)c12. The van der Waals surface area contributed by atoms with Crippen LogP contribution in [0.2, 0.25) is 0 Å². The lowest BCUT2D eigenvalue weighted by molar-refractivity contribution is -0.0459. The van der Waals surface area contributed by atoms with Crippen molar-refractivity contribution in [3.63, 3.8) is 0 Å². The van der Waals surface area contributed by atoms with Gasteiger partial charge in [-0.15, -0.1) is 0 Å². The maximum absolute atomic E-state index is 12.7. The van der Waals surface area contributed by atoms with Gasteiger partial charge in [-0.05, 0) is 30.3 Å². The van der Waals surface area contributed by atoms with Crippen molar-refractivity contribution in [3.05, 3.63) is 118 Å². The maximum Gasteiger partial charge on any atom is 0.305 e. The van der Waals surface area contributed by atoms with E-state index in [1.165, 1.54) is 6.07 Å². The molecule has 6 heteroatoms. The molecule has 0 aliphatic carbocycles. The van der Waals surface area contributed by atoms with Gasteiger partial charge in [-0.3, -0.25) is 4.79 Å². The van der Waals surface area contributed by atoms with Crippen LogP contribution in [0.4, 0.5) is 0 Å². The summed E-state index contributed by atoms with van der Waals surface area (Å²) in [7, 11) is 0. The van der Waals surface area contributed by atoms with Crippen LogP contribution in [-0.4, -0.2) is 10.2 Å². The zero-order valence-electron chi connectivity index (χ0n) is 19.8. The van der Waals surface area contributed by atoms with Crippen LogP contribution in [0.5, 0.6) is 23.0 Å². The second-order valence-corrected chi connectivity index (χ2v) is 7.97. The first-order valence-electron chi connectivity index (χ1n) is 11.7. The first-order chi connectivity index (χ1) is 17.6. The number of phenols is 1. The van der Waals surface area contributed by atoms with Crippen molar-refractivity contribution in [3.8, 4) is 34.3 Å². The highest BCUT2D eigenvalue weighted by atomic mass is 16.7. The van der Waals surface area contributed by atoms with Gasteiger partial charge in [0.15, 0.2) is 17.3 Å². The fourth-order valence-electron chi connectivity index (χ4n) is 4.27. The van der Waals surface area contributed by atoms with E-state index < -0.39 is 17.0 Å². The average molecular weight is 481 g/mol. The van der Waals surface area contributed by atoms with E-state index in [2.05, 4.69) is 0 Å². The van der Waals surface area contributed by atoms with Gasteiger partial charge in [0, 0.05) is 16.7 Å². The third-order valence-electron chi connectivity index (χ3n) is 5.89. The molecule has 6 rings (SSSR count). The minimum atomic E-state index is -1.19. The summed E-state index contributed by atoms with van der Waals surface area (Å²) in [4.78, 5) is 12.7. The van der Waals surface area contributed by atoms with Gasteiger partial charge in [-0.1, -0.05) is 80.6 Å². The van der Waals surface area contributed by atoms with Crippen LogP contribution in [0.25, 0.3) is 22.3 Å². The molecule has 0 saturated heterocycles. The predicted molar refractivity (Wildman–Crippen MR) is 138 cm³/mol. The fraction of sp³-hybridized carbons (Fsp3) is 0.100. The topological polar surface area (TPSA) is 89.1 Å². The third-order valence-corrected chi connectivity index (χ3v) is 5.89.